The highest BCUT2D eigenvalue weighted by atomic mass is 35.5. The molecule has 0 nitrogen and oxygen atoms in total. The van der Waals surface area contributed by atoms with E-state index in [4.69, 9.17) is 11.6 Å². The van der Waals surface area contributed by atoms with E-state index >= 15 is 0 Å². The number of halogens is 1. The van der Waals surface area contributed by atoms with Crippen molar-refractivity contribution in [3.63, 3.8) is 0 Å². The van der Waals surface area contributed by atoms with Gasteiger partial charge in [-0.05, 0) is 29.5 Å². The molecule has 70 valence electrons. The molecule has 0 aliphatic carbocycles. The average molecular weight is 231 g/mol. The largest absolute Gasteiger partial charge is 0.233 e. The van der Waals surface area contributed by atoms with Crippen molar-refractivity contribution < 1.29 is 0 Å². The summed E-state index contributed by atoms with van der Waals surface area (Å²) in [6.07, 6.45) is 4.54. The van der Waals surface area contributed by atoms with Crippen molar-refractivity contribution in [1.82, 2.24) is 0 Å². The molecule has 0 saturated heterocycles. The number of hydrogen-bond donors (Lipinski definition) is 1. The summed E-state index contributed by atoms with van der Waals surface area (Å²) in [5, 5.41) is 4.07. The molecule has 1 heterocycles. The standard InChI is InChI=1S/C10H11ClS2/c1-13(2)7-3-4-8-9(11)6-12-10(8)5-7/h3-6,13H,1-2H3. The van der Waals surface area contributed by atoms with E-state index in [1.807, 2.05) is 5.38 Å². The van der Waals surface area contributed by atoms with Crippen molar-refractivity contribution >= 4 is 43.9 Å². The first kappa shape index (κ1) is 9.38. The lowest BCUT2D eigenvalue weighted by Gasteiger charge is -2.08. The molecule has 2 rings (SSSR count). The minimum atomic E-state index is 0.00406. The van der Waals surface area contributed by atoms with Gasteiger partial charge in [-0.15, -0.1) is 11.3 Å². The molecule has 0 N–H and O–H groups in total. The fourth-order valence-electron chi connectivity index (χ4n) is 1.26. The Labute approximate surface area is 89.9 Å². The van der Waals surface area contributed by atoms with Crippen LogP contribution in [0.5, 0.6) is 0 Å². The molecule has 0 radical (unpaired) electrons. The third-order valence-corrected chi connectivity index (χ3v) is 4.73. The van der Waals surface area contributed by atoms with Crippen LogP contribution in [0, 0.1) is 0 Å². The van der Waals surface area contributed by atoms with Gasteiger partial charge in [0.1, 0.15) is 0 Å². The van der Waals surface area contributed by atoms with Crippen molar-refractivity contribution in [3.05, 3.63) is 28.6 Å². The fraction of sp³-hybridized carbons (Fsp3) is 0.200. The minimum Gasteiger partial charge on any atom is -0.233 e. The molecule has 0 aliphatic rings. The molecule has 2 aromatic rings. The van der Waals surface area contributed by atoms with Crippen LogP contribution in [0.1, 0.15) is 0 Å². The van der Waals surface area contributed by atoms with Crippen LogP contribution in [0.25, 0.3) is 10.1 Å². The number of thiophene rings is 1. The Morgan fingerprint density at radius 3 is 2.77 bits per heavy atom. The van der Waals surface area contributed by atoms with E-state index in [9.17, 15) is 0 Å². The predicted molar refractivity (Wildman–Crippen MR) is 65.9 cm³/mol. The summed E-state index contributed by atoms with van der Waals surface area (Å²) < 4.78 is 1.30. The van der Waals surface area contributed by atoms with Crippen LogP contribution in [0.4, 0.5) is 0 Å². The zero-order chi connectivity index (χ0) is 9.42. The monoisotopic (exact) mass is 230 g/mol. The number of benzene rings is 1. The maximum atomic E-state index is 6.02. The minimum absolute atomic E-state index is 0.00406. The summed E-state index contributed by atoms with van der Waals surface area (Å²) >= 11 is 7.74. The van der Waals surface area contributed by atoms with Crippen molar-refractivity contribution in [2.75, 3.05) is 12.5 Å². The van der Waals surface area contributed by atoms with E-state index in [0.29, 0.717) is 0 Å². The molecular weight excluding hydrogens is 220 g/mol. The third-order valence-electron chi connectivity index (χ3n) is 2.03. The molecule has 1 aromatic carbocycles. The van der Waals surface area contributed by atoms with Gasteiger partial charge in [0.2, 0.25) is 0 Å². The first-order valence-electron chi connectivity index (χ1n) is 4.02. The van der Waals surface area contributed by atoms with Gasteiger partial charge in [0.25, 0.3) is 0 Å². The van der Waals surface area contributed by atoms with Crippen LogP contribution in [0.3, 0.4) is 0 Å². The van der Waals surface area contributed by atoms with Gasteiger partial charge in [-0.3, -0.25) is 0 Å². The number of fused-ring (bicyclic) bond motifs is 1. The average Bonchev–Trinajstić information content (AvgIpc) is 2.47. The topological polar surface area (TPSA) is 0 Å². The highest BCUT2D eigenvalue weighted by Gasteiger charge is 2.03. The normalized spacial score (nSPS) is 12.1. The zero-order valence-electron chi connectivity index (χ0n) is 7.54. The van der Waals surface area contributed by atoms with E-state index in [-0.39, 0.29) is 10.9 Å². The van der Waals surface area contributed by atoms with E-state index in [0.717, 1.165) is 5.02 Å². The summed E-state index contributed by atoms with van der Waals surface area (Å²) in [6, 6.07) is 6.58. The number of hydrogen-bond acceptors (Lipinski definition) is 1. The van der Waals surface area contributed by atoms with Crippen LogP contribution in [-0.4, -0.2) is 12.5 Å². The smallest absolute Gasteiger partial charge is 0.0591 e. The second-order valence-electron chi connectivity index (χ2n) is 3.16. The van der Waals surface area contributed by atoms with Crippen LogP contribution in [0.15, 0.2) is 28.5 Å². The molecule has 1 aromatic heterocycles. The van der Waals surface area contributed by atoms with Crippen LogP contribution in [-0.2, 0) is 0 Å². The van der Waals surface area contributed by atoms with Gasteiger partial charge in [-0.25, -0.2) is 10.9 Å². The van der Waals surface area contributed by atoms with Gasteiger partial charge < -0.3 is 0 Å². The van der Waals surface area contributed by atoms with Gasteiger partial charge in [0, 0.05) is 15.5 Å². The molecular formula is C10H11ClS2. The van der Waals surface area contributed by atoms with E-state index in [2.05, 4.69) is 30.7 Å². The highest BCUT2D eigenvalue weighted by Crippen LogP contribution is 2.36. The van der Waals surface area contributed by atoms with Crippen molar-refractivity contribution in [1.29, 1.82) is 0 Å². The molecule has 0 atom stereocenters. The van der Waals surface area contributed by atoms with Crippen molar-refractivity contribution in [2.24, 2.45) is 0 Å². The van der Waals surface area contributed by atoms with Crippen molar-refractivity contribution in [3.8, 4) is 0 Å². The van der Waals surface area contributed by atoms with Gasteiger partial charge in [-0.1, -0.05) is 17.7 Å². The second kappa shape index (κ2) is 3.52. The molecule has 0 spiro atoms. The Hall–Kier alpha value is -0.180. The van der Waals surface area contributed by atoms with E-state index in [1.165, 1.54) is 15.0 Å². The fourth-order valence-corrected chi connectivity index (χ4v) is 3.32. The Morgan fingerprint density at radius 2 is 2.08 bits per heavy atom. The Balaban J connectivity index is 2.63. The predicted octanol–water partition coefficient (Wildman–Crippen LogP) is 4.17. The summed E-state index contributed by atoms with van der Waals surface area (Å²) in [5.74, 6) is 0. The highest BCUT2D eigenvalue weighted by molar-refractivity contribution is 8.15. The van der Waals surface area contributed by atoms with Crippen LogP contribution < -0.4 is 0 Å². The molecule has 0 bridgehead atoms. The Kier molecular flexibility index (Phi) is 2.54. The second-order valence-corrected chi connectivity index (χ2v) is 6.78. The molecule has 13 heavy (non-hydrogen) atoms. The van der Waals surface area contributed by atoms with Crippen molar-refractivity contribution in [2.45, 2.75) is 4.90 Å². The first-order valence-corrected chi connectivity index (χ1v) is 7.52. The maximum Gasteiger partial charge on any atom is 0.0591 e. The maximum absolute atomic E-state index is 6.02. The molecule has 0 aliphatic heterocycles. The molecule has 0 amide bonds. The molecule has 0 saturated carbocycles. The lowest BCUT2D eigenvalue weighted by Crippen LogP contribution is -1.76. The Morgan fingerprint density at radius 1 is 1.31 bits per heavy atom. The van der Waals surface area contributed by atoms with Gasteiger partial charge in [-0.2, -0.15) is 0 Å². The summed E-state index contributed by atoms with van der Waals surface area (Å²) in [5.41, 5.74) is 0. The van der Waals surface area contributed by atoms with Gasteiger partial charge in [0.15, 0.2) is 0 Å². The lowest BCUT2D eigenvalue weighted by molar-refractivity contribution is 1.51. The summed E-state index contributed by atoms with van der Waals surface area (Å²) in [7, 11) is 0.00406. The van der Waals surface area contributed by atoms with E-state index < -0.39 is 0 Å². The first-order chi connectivity index (χ1) is 6.18. The van der Waals surface area contributed by atoms with Crippen LogP contribution in [0.2, 0.25) is 5.02 Å². The summed E-state index contributed by atoms with van der Waals surface area (Å²) in [4.78, 5) is 1.45. The zero-order valence-corrected chi connectivity index (χ0v) is 10.0. The number of thiol groups is 1. The molecule has 0 fully saturated rings. The van der Waals surface area contributed by atoms with Gasteiger partial charge in [0.05, 0.1) is 5.02 Å². The van der Waals surface area contributed by atoms with Crippen LogP contribution >= 0.6 is 33.8 Å². The number of rotatable bonds is 1. The Bertz CT molecular complexity index is 431. The SMILES string of the molecule is C[SH](C)c1ccc2c(Cl)csc2c1. The molecule has 0 unspecified atom stereocenters. The molecule has 3 heteroatoms. The quantitative estimate of drug-likeness (QED) is 0.699. The third kappa shape index (κ3) is 1.71. The summed E-state index contributed by atoms with van der Waals surface area (Å²) in [6.45, 7) is 0. The van der Waals surface area contributed by atoms with Gasteiger partial charge >= 0.3 is 0 Å². The lowest BCUT2D eigenvalue weighted by atomic mass is 10.3. The van der Waals surface area contributed by atoms with E-state index in [1.54, 1.807) is 11.3 Å².